The van der Waals surface area contributed by atoms with E-state index in [0.717, 1.165) is 36.1 Å². The van der Waals surface area contributed by atoms with Crippen molar-refractivity contribution >= 4 is 77.1 Å². The normalized spacial score (nSPS) is 14.9. The number of anilines is 1. The Bertz CT molecular complexity index is 1010. The second-order valence-electron chi connectivity index (χ2n) is 7.39. The molecule has 172 valence electrons. The molecule has 1 saturated heterocycles. The van der Waals surface area contributed by atoms with E-state index in [1.165, 1.54) is 16.1 Å². The van der Waals surface area contributed by atoms with Gasteiger partial charge in [0.05, 0.1) is 10.0 Å². The molecule has 32 heavy (non-hydrogen) atoms. The Morgan fingerprint density at radius 1 is 0.781 bits per heavy atom. The molecule has 1 fully saturated rings. The van der Waals surface area contributed by atoms with Crippen molar-refractivity contribution in [1.82, 2.24) is 4.90 Å². The quantitative estimate of drug-likeness (QED) is 0.314. The molecule has 0 aromatic heterocycles. The summed E-state index contributed by atoms with van der Waals surface area (Å²) in [6, 6.07) is 22.8. The zero-order valence-corrected chi connectivity index (χ0v) is 22.2. The number of halogens is 5. The summed E-state index contributed by atoms with van der Waals surface area (Å²) in [4.78, 5) is 7.24. The number of para-hydroxylation sites is 1. The van der Waals surface area contributed by atoms with E-state index in [1.54, 1.807) is 11.8 Å². The molecule has 0 spiro atoms. The zero-order chi connectivity index (χ0) is 21.1. The first-order valence-electron chi connectivity index (χ1n) is 9.97. The van der Waals surface area contributed by atoms with Crippen LogP contribution in [0.3, 0.4) is 0 Å². The Hall–Kier alpha value is -0.780. The number of nitrogens with zero attached hydrogens (tertiary/aromatic N) is 2. The highest BCUT2D eigenvalue weighted by Gasteiger charge is 2.24. The maximum absolute atomic E-state index is 6.38. The molecule has 1 aliphatic heterocycles. The first-order valence-corrected chi connectivity index (χ1v) is 11.9. The van der Waals surface area contributed by atoms with Crippen LogP contribution in [0.2, 0.25) is 15.1 Å². The molecule has 0 saturated carbocycles. The van der Waals surface area contributed by atoms with E-state index in [9.17, 15) is 0 Å². The Labute approximate surface area is 222 Å². The summed E-state index contributed by atoms with van der Waals surface area (Å²) < 4.78 is 0. The van der Waals surface area contributed by atoms with Crippen LogP contribution >= 0.6 is 71.4 Å². The van der Waals surface area contributed by atoms with Crippen molar-refractivity contribution in [3.05, 3.63) is 87.4 Å². The number of rotatable bonds is 5. The van der Waals surface area contributed by atoms with Gasteiger partial charge in [0.25, 0.3) is 0 Å². The second kappa shape index (κ2) is 12.6. The standard InChI is InChI=1S/C24H23Cl3N2S.2ClH/c1-17(28-11-13-29(14-12-28)19-5-3-2-4-6-19)21-15-18(25)7-10-24(21)30-20-8-9-22(26)23(27)16-20;;/h2-10,15-17H,11-14H2,1H3;2*1H. The van der Waals surface area contributed by atoms with Gasteiger partial charge in [-0.2, -0.15) is 0 Å². The van der Waals surface area contributed by atoms with E-state index in [-0.39, 0.29) is 30.9 Å². The summed E-state index contributed by atoms with van der Waals surface area (Å²) in [5.41, 5.74) is 2.54. The van der Waals surface area contributed by atoms with Crippen molar-refractivity contribution in [1.29, 1.82) is 0 Å². The molecule has 3 aromatic carbocycles. The summed E-state index contributed by atoms with van der Waals surface area (Å²) in [7, 11) is 0. The Morgan fingerprint density at radius 2 is 1.47 bits per heavy atom. The van der Waals surface area contributed by atoms with Crippen LogP contribution in [0.15, 0.2) is 76.5 Å². The lowest BCUT2D eigenvalue weighted by Crippen LogP contribution is -2.47. The van der Waals surface area contributed by atoms with Gasteiger partial charge in [-0.25, -0.2) is 0 Å². The lowest BCUT2D eigenvalue weighted by Gasteiger charge is -2.39. The van der Waals surface area contributed by atoms with Crippen molar-refractivity contribution in [2.45, 2.75) is 22.8 Å². The van der Waals surface area contributed by atoms with E-state index < -0.39 is 0 Å². The summed E-state index contributed by atoms with van der Waals surface area (Å²) >= 11 is 20.4. The number of hydrogen-bond donors (Lipinski definition) is 0. The van der Waals surface area contributed by atoms with Gasteiger partial charge < -0.3 is 4.90 Å². The van der Waals surface area contributed by atoms with Gasteiger partial charge in [-0.3, -0.25) is 4.90 Å². The molecule has 2 nitrogen and oxygen atoms in total. The van der Waals surface area contributed by atoms with Gasteiger partial charge in [-0.05, 0) is 61.0 Å². The topological polar surface area (TPSA) is 6.48 Å². The van der Waals surface area contributed by atoms with Gasteiger partial charge in [-0.1, -0.05) is 64.8 Å². The summed E-state index contributed by atoms with van der Waals surface area (Å²) in [5, 5.41) is 1.91. The average molecular weight is 551 g/mol. The van der Waals surface area contributed by atoms with E-state index in [4.69, 9.17) is 34.8 Å². The minimum absolute atomic E-state index is 0. The molecule has 8 heteroatoms. The molecule has 3 aromatic rings. The highest BCUT2D eigenvalue weighted by molar-refractivity contribution is 7.99. The van der Waals surface area contributed by atoms with Crippen LogP contribution in [0, 0.1) is 0 Å². The Kier molecular flexibility index (Phi) is 10.8. The van der Waals surface area contributed by atoms with Crippen LogP contribution in [0.25, 0.3) is 0 Å². The zero-order valence-electron chi connectivity index (χ0n) is 17.5. The van der Waals surface area contributed by atoms with Crippen LogP contribution < -0.4 is 4.90 Å². The van der Waals surface area contributed by atoms with Crippen LogP contribution in [0.4, 0.5) is 5.69 Å². The fourth-order valence-electron chi connectivity index (χ4n) is 3.81. The lowest BCUT2D eigenvalue weighted by atomic mass is 10.1. The molecule has 1 unspecified atom stereocenters. The number of benzene rings is 3. The first kappa shape index (κ1) is 27.5. The van der Waals surface area contributed by atoms with Gasteiger partial charge in [0.1, 0.15) is 0 Å². The molecule has 4 rings (SSSR count). The minimum Gasteiger partial charge on any atom is -0.369 e. The smallest absolute Gasteiger partial charge is 0.0603 e. The maximum Gasteiger partial charge on any atom is 0.0603 e. The van der Waals surface area contributed by atoms with Crippen LogP contribution in [-0.4, -0.2) is 31.1 Å². The Balaban J connectivity index is 0.00000181. The van der Waals surface area contributed by atoms with Crippen molar-refractivity contribution in [2.75, 3.05) is 31.1 Å². The fourth-order valence-corrected chi connectivity index (χ4v) is 5.40. The van der Waals surface area contributed by atoms with Gasteiger partial charge in [0.2, 0.25) is 0 Å². The molecule has 0 aliphatic carbocycles. The molecule has 0 bridgehead atoms. The van der Waals surface area contributed by atoms with E-state index >= 15 is 0 Å². The fraction of sp³-hybridized carbons (Fsp3) is 0.250. The summed E-state index contributed by atoms with van der Waals surface area (Å²) in [6.07, 6.45) is 0. The molecule has 0 N–H and O–H groups in total. The predicted octanol–water partition coefficient (Wildman–Crippen LogP) is 8.52. The van der Waals surface area contributed by atoms with E-state index in [1.807, 2.05) is 24.3 Å². The molecular formula is C24H25Cl5N2S. The van der Waals surface area contributed by atoms with Crippen molar-refractivity contribution < 1.29 is 0 Å². The maximum atomic E-state index is 6.38. The van der Waals surface area contributed by atoms with Crippen LogP contribution in [0.1, 0.15) is 18.5 Å². The number of hydrogen-bond acceptors (Lipinski definition) is 3. The lowest BCUT2D eigenvalue weighted by molar-refractivity contribution is 0.196. The minimum atomic E-state index is 0. The SMILES string of the molecule is CC(c1cc(Cl)ccc1Sc1ccc(Cl)c(Cl)c1)N1CCN(c2ccccc2)CC1.Cl.Cl. The highest BCUT2D eigenvalue weighted by atomic mass is 35.5. The second-order valence-corrected chi connectivity index (χ2v) is 9.76. The molecule has 1 atom stereocenters. The molecule has 0 amide bonds. The third kappa shape index (κ3) is 6.64. The average Bonchev–Trinajstić information content (AvgIpc) is 2.78. The van der Waals surface area contributed by atoms with Gasteiger partial charge in [0, 0.05) is 52.7 Å². The predicted molar refractivity (Wildman–Crippen MR) is 145 cm³/mol. The molecule has 1 heterocycles. The largest absolute Gasteiger partial charge is 0.369 e. The summed E-state index contributed by atoms with van der Waals surface area (Å²) in [5.74, 6) is 0. The third-order valence-electron chi connectivity index (χ3n) is 5.52. The van der Waals surface area contributed by atoms with Crippen molar-refractivity contribution in [3.63, 3.8) is 0 Å². The molecular weight excluding hydrogens is 526 g/mol. The van der Waals surface area contributed by atoms with Gasteiger partial charge in [0.15, 0.2) is 0 Å². The first-order chi connectivity index (χ1) is 14.5. The van der Waals surface area contributed by atoms with E-state index in [0.29, 0.717) is 10.0 Å². The van der Waals surface area contributed by atoms with Crippen molar-refractivity contribution in [3.8, 4) is 0 Å². The third-order valence-corrected chi connectivity index (χ3v) is 7.58. The van der Waals surface area contributed by atoms with Crippen molar-refractivity contribution in [2.24, 2.45) is 0 Å². The molecule has 1 aliphatic rings. The number of piperazine rings is 1. The monoisotopic (exact) mass is 548 g/mol. The highest BCUT2D eigenvalue weighted by Crippen LogP contribution is 2.39. The van der Waals surface area contributed by atoms with Crippen LogP contribution in [-0.2, 0) is 0 Å². The van der Waals surface area contributed by atoms with Gasteiger partial charge in [-0.15, -0.1) is 24.8 Å². The summed E-state index contributed by atoms with van der Waals surface area (Å²) in [6.45, 7) is 6.33. The Morgan fingerprint density at radius 3 is 2.12 bits per heavy atom. The van der Waals surface area contributed by atoms with Crippen LogP contribution in [0.5, 0.6) is 0 Å². The van der Waals surface area contributed by atoms with Gasteiger partial charge >= 0.3 is 0 Å². The van der Waals surface area contributed by atoms with E-state index in [2.05, 4.69) is 59.2 Å². The molecule has 0 radical (unpaired) electrons.